The van der Waals surface area contributed by atoms with Crippen molar-refractivity contribution in [1.29, 1.82) is 0 Å². The van der Waals surface area contributed by atoms with Gasteiger partial charge in [-0.25, -0.2) is 13.1 Å². The number of ether oxygens (including phenoxy) is 1. The Bertz CT molecular complexity index is 724. The molecule has 21 heavy (non-hydrogen) atoms. The third-order valence-electron chi connectivity index (χ3n) is 3.33. The van der Waals surface area contributed by atoms with Crippen molar-refractivity contribution in [2.75, 3.05) is 13.2 Å². The molecule has 0 bridgehead atoms. The van der Waals surface area contributed by atoms with Crippen molar-refractivity contribution in [1.82, 2.24) is 4.72 Å². The van der Waals surface area contributed by atoms with E-state index in [2.05, 4.69) is 4.72 Å². The maximum atomic E-state index is 12.9. The van der Waals surface area contributed by atoms with Crippen LogP contribution in [0.5, 0.6) is 0 Å². The minimum Gasteiger partial charge on any atom is -0.374 e. The Balaban J connectivity index is 2.20. The van der Waals surface area contributed by atoms with E-state index in [1.807, 2.05) is 0 Å². The fourth-order valence-corrected chi connectivity index (χ4v) is 3.89. The summed E-state index contributed by atoms with van der Waals surface area (Å²) >= 11 is 0. The van der Waals surface area contributed by atoms with Gasteiger partial charge in [0, 0.05) is 13.2 Å². The molecular formula is C12H16FNO5S2. The summed E-state index contributed by atoms with van der Waals surface area (Å²) in [5, 5.41) is 0. The Morgan fingerprint density at radius 2 is 1.95 bits per heavy atom. The van der Waals surface area contributed by atoms with Crippen LogP contribution in [0.4, 0.5) is 3.89 Å². The standard InChI is InChI=1S/C12H16FNO5S2/c1-12(6-3-7-19-12)9-14-21(17,18)11-5-2-4-10(8-11)20(13,15)16/h2,4-5,8,14H,3,6-7,9H2,1H3. The van der Waals surface area contributed by atoms with Gasteiger partial charge in [-0.05, 0) is 38.0 Å². The first-order valence-electron chi connectivity index (χ1n) is 6.31. The topological polar surface area (TPSA) is 89.5 Å². The summed E-state index contributed by atoms with van der Waals surface area (Å²) < 4.78 is 66.7. The van der Waals surface area contributed by atoms with Gasteiger partial charge in [0.2, 0.25) is 10.0 Å². The molecular weight excluding hydrogens is 321 g/mol. The summed E-state index contributed by atoms with van der Waals surface area (Å²) in [4.78, 5) is -0.989. The number of hydrogen-bond donors (Lipinski definition) is 1. The quantitative estimate of drug-likeness (QED) is 0.815. The van der Waals surface area contributed by atoms with E-state index in [0.717, 1.165) is 25.0 Å². The maximum Gasteiger partial charge on any atom is 0.332 e. The number of benzene rings is 1. The molecule has 0 radical (unpaired) electrons. The fourth-order valence-electron chi connectivity index (χ4n) is 2.10. The number of sulfonamides is 1. The van der Waals surface area contributed by atoms with Crippen molar-refractivity contribution in [3.8, 4) is 0 Å². The van der Waals surface area contributed by atoms with Crippen molar-refractivity contribution < 1.29 is 25.5 Å². The van der Waals surface area contributed by atoms with Crippen molar-refractivity contribution >= 4 is 20.2 Å². The third-order valence-corrected chi connectivity index (χ3v) is 5.55. The number of nitrogens with one attached hydrogen (secondary N) is 1. The van der Waals surface area contributed by atoms with Gasteiger partial charge in [0.25, 0.3) is 0 Å². The van der Waals surface area contributed by atoms with Crippen LogP contribution < -0.4 is 4.72 Å². The molecule has 1 heterocycles. The number of halogens is 1. The molecule has 9 heteroatoms. The Labute approximate surface area is 123 Å². The van der Waals surface area contributed by atoms with Gasteiger partial charge in [-0.15, -0.1) is 3.89 Å². The van der Waals surface area contributed by atoms with E-state index in [4.69, 9.17) is 4.74 Å². The van der Waals surface area contributed by atoms with Crippen molar-refractivity contribution in [3.63, 3.8) is 0 Å². The summed E-state index contributed by atoms with van der Waals surface area (Å²) in [5.74, 6) is 0. The van der Waals surface area contributed by atoms with Crippen LogP contribution in [0.1, 0.15) is 19.8 Å². The first kappa shape index (κ1) is 16.3. The zero-order valence-electron chi connectivity index (χ0n) is 11.4. The van der Waals surface area contributed by atoms with Crippen LogP contribution in [0.3, 0.4) is 0 Å². The molecule has 2 rings (SSSR count). The van der Waals surface area contributed by atoms with Crippen molar-refractivity contribution in [2.45, 2.75) is 35.2 Å². The van der Waals surface area contributed by atoms with E-state index in [9.17, 15) is 20.7 Å². The molecule has 1 fully saturated rings. The molecule has 1 saturated heterocycles. The van der Waals surface area contributed by atoms with E-state index in [-0.39, 0.29) is 11.4 Å². The van der Waals surface area contributed by atoms with Gasteiger partial charge in [0.1, 0.15) is 0 Å². The highest BCUT2D eigenvalue weighted by atomic mass is 32.3. The lowest BCUT2D eigenvalue weighted by Gasteiger charge is -2.23. The van der Waals surface area contributed by atoms with Crippen LogP contribution in [0.25, 0.3) is 0 Å². The van der Waals surface area contributed by atoms with Gasteiger partial charge in [-0.3, -0.25) is 0 Å². The predicted octanol–water partition coefficient (Wildman–Crippen LogP) is 1.19. The van der Waals surface area contributed by atoms with Crippen LogP contribution >= 0.6 is 0 Å². The lowest BCUT2D eigenvalue weighted by atomic mass is 10.0. The largest absolute Gasteiger partial charge is 0.374 e. The molecule has 0 spiro atoms. The normalized spacial score (nSPS) is 23.3. The Hall–Kier alpha value is -1.03. The number of rotatable bonds is 5. The smallest absolute Gasteiger partial charge is 0.332 e. The Kier molecular flexibility index (Phi) is 4.39. The first-order valence-corrected chi connectivity index (χ1v) is 9.17. The minimum atomic E-state index is -4.95. The van der Waals surface area contributed by atoms with Gasteiger partial charge in [0.15, 0.2) is 0 Å². The zero-order valence-corrected chi connectivity index (χ0v) is 13.0. The molecule has 118 valence electrons. The predicted molar refractivity (Wildman–Crippen MR) is 73.5 cm³/mol. The molecule has 0 aliphatic carbocycles. The van der Waals surface area contributed by atoms with Crippen LogP contribution in [0, 0.1) is 0 Å². The molecule has 1 aliphatic heterocycles. The van der Waals surface area contributed by atoms with Crippen LogP contribution in [-0.4, -0.2) is 35.6 Å². The van der Waals surface area contributed by atoms with E-state index in [0.29, 0.717) is 6.61 Å². The molecule has 1 aromatic rings. The molecule has 1 aromatic carbocycles. The SMILES string of the molecule is CC1(CNS(=O)(=O)c2cccc(S(=O)(=O)F)c2)CCCO1. The van der Waals surface area contributed by atoms with E-state index >= 15 is 0 Å². The average molecular weight is 337 g/mol. The van der Waals surface area contributed by atoms with Gasteiger partial charge in [0.05, 0.1) is 15.4 Å². The van der Waals surface area contributed by atoms with Crippen LogP contribution in [0.15, 0.2) is 34.1 Å². The van der Waals surface area contributed by atoms with Gasteiger partial charge >= 0.3 is 10.2 Å². The summed E-state index contributed by atoms with van der Waals surface area (Å²) in [6.07, 6.45) is 1.59. The summed E-state index contributed by atoms with van der Waals surface area (Å²) in [5.41, 5.74) is -0.573. The lowest BCUT2D eigenvalue weighted by molar-refractivity contribution is 0.0250. The second kappa shape index (κ2) is 5.64. The Morgan fingerprint density at radius 1 is 1.29 bits per heavy atom. The molecule has 0 amide bonds. The highest BCUT2D eigenvalue weighted by Gasteiger charge is 2.31. The van der Waals surface area contributed by atoms with E-state index in [1.54, 1.807) is 6.92 Å². The maximum absolute atomic E-state index is 12.9. The molecule has 0 saturated carbocycles. The third kappa shape index (κ3) is 4.00. The second-order valence-electron chi connectivity index (χ2n) is 5.14. The molecule has 1 atom stereocenters. The molecule has 1 N–H and O–H groups in total. The average Bonchev–Trinajstić information content (AvgIpc) is 2.84. The molecule has 6 nitrogen and oxygen atoms in total. The zero-order chi connectivity index (χ0) is 15.7. The number of hydrogen-bond acceptors (Lipinski definition) is 5. The molecule has 1 aliphatic rings. The van der Waals surface area contributed by atoms with Gasteiger partial charge in [-0.1, -0.05) is 6.07 Å². The van der Waals surface area contributed by atoms with Crippen molar-refractivity contribution in [2.24, 2.45) is 0 Å². The van der Waals surface area contributed by atoms with Crippen LogP contribution in [0.2, 0.25) is 0 Å². The minimum absolute atomic E-state index is 0.0714. The van der Waals surface area contributed by atoms with Gasteiger partial charge in [-0.2, -0.15) is 8.42 Å². The molecule has 0 aromatic heterocycles. The first-order chi connectivity index (χ1) is 9.62. The summed E-state index contributed by atoms with van der Waals surface area (Å²) in [7, 11) is -8.87. The van der Waals surface area contributed by atoms with Crippen molar-refractivity contribution in [3.05, 3.63) is 24.3 Å². The lowest BCUT2D eigenvalue weighted by Crippen LogP contribution is -2.40. The Morgan fingerprint density at radius 3 is 2.52 bits per heavy atom. The summed E-state index contributed by atoms with van der Waals surface area (Å²) in [6, 6.07) is 4.16. The van der Waals surface area contributed by atoms with E-state index in [1.165, 1.54) is 12.1 Å². The highest BCUT2D eigenvalue weighted by molar-refractivity contribution is 7.89. The fraction of sp³-hybridized carbons (Fsp3) is 0.500. The van der Waals surface area contributed by atoms with E-state index < -0.39 is 30.7 Å². The van der Waals surface area contributed by atoms with Crippen LogP contribution in [-0.2, 0) is 25.0 Å². The van der Waals surface area contributed by atoms with Gasteiger partial charge < -0.3 is 4.74 Å². The highest BCUT2D eigenvalue weighted by Crippen LogP contribution is 2.25. The monoisotopic (exact) mass is 337 g/mol. The summed E-state index contributed by atoms with van der Waals surface area (Å²) in [6.45, 7) is 2.45. The molecule has 1 unspecified atom stereocenters. The second-order valence-corrected chi connectivity index (χ2v) is 8.25.